The van der Waals surface area contributed by atoms with E-state index in [1.165, 1.54) is 24.3 Å². The fourth-order valence-electron chi connectivity index (χ4n) is 3.25. The van der Waals surface area contributed by atoms with Crippen LogP contribution in [0.2, 0.25) is 0 Å². The summed E-state index contributed by atoms with van der Waals surface area (Å²) in [5.74, 6) is -1.24. The maximum Gasteiger partial charge on any atom is 0.335 e. The van der Waals surface area contributed by atoms with Crippen LogP contribution in [0.1, 0.15) is 11.1 Å². The molecule has 3 aromatic rings. The van der Waals surface area contributed by atoms with Crippen molar-refractivity contribution in [2.45, 2.75) is 6.61 Å². The van der Waals surface area contributed by atoms with Gasteiger partial charge in [-0.15, -0.1) is 0 Å². The molecule has 0 radical (unpaired) electrons. The Morgan fingerprint density at radius 2 is 1.74 bits per heavy atom. The summed E-state index contributed by atoms with van der Waals surface area (Å²) < 4.78 is 6.76. The molecule has 0 aliphatic carbocycles. The zero-order valence-electron chi connectivity index (χ0n) is 17.4. The van der Waals surface area contributed by atoms with E-state index < -0.39 is 22.8 Å². The van der Waals surface area contributed by atoms with E-state index in [2.05, 4.69) is 21.2 Å². The van der Waals surface area contributed by atoms with Gasteiger partial charge in [-0.2, -0.15) is 0 Å². The second-order valence-corrected chi connectivity index (χ2v) is 8.14. The van der Waals surface area contributed by atoms with Gasteiger partial charge >= 0.3 is 6.03 Å². The third kappa shape index (κ3) is 5.02. The fraction of sp³-hybridized carbons (Fsp3) is 0.0417. The number of urea groups is 1. The van der Waals surface area contributed by atoms with E-state index in [-0.39, 0.29) is 16.9 Å². The Bertz CT molecular complexity index is 1340. The molecule has 10 heteroatoms. The number of hydrogen-bond donors (Lipinski definition) is 1. The van der Waals surface area contributed by atoms with Crippen LogP contribution < -0.4 is 15.0 Å². The molecule has 4 rings (SSSR count). The van der Waals surface area contributed by atoms with Crippen molar-refractivity contribution in [2.75, 3.05) is 4.90 Å². The quantitative estimate of drug-likeness (QED) is 0.219. The van der Waals surface area contributed by atoms with E-state index in [4.69, 9.17) is 4.74 Å². The molecule has 1 saturated heterocycles. The summed E-state index contributed by atoms with van der Waals surface area (Å²) >= 11 is 3.38. The van der Waals surface area contributed by atoms with Crippen molar-refractivity contribution in [1.82, 2.24) is 5.32 Å². The van der Waals surface area contributed by atoms with Gasteiger partial charge in [-0.1, -0.05) is 46.3 Å². The lowest BCUT2D eigenvalue weighted by Gasteiger charge is -2.26. The topological polar surface area (TPSA) is 119 Å². The monoisotopic (exact) mass is 521 g/mol. The summed E-state index contributed by atoms with van der Waals surface area (Å²) in [4.78, 5) is 48.9. The van der Waals surface area contributed by atoms with Gasteiger partial charge in [-0.05, 0) is 47.5 Å². The molecule has 1 aliphatic heterocycles. The Morgan fingerprint density at radius 1 is 1.00 bits per heavy atom. The summed E-state index contributed by atoms with van der Waals surface area (Å²) in [6, 6.07) is 18.5. The highest BCUT2D eigenvalue weighted by Crippen LogP contribution is 2.26. The van der Waals surface area contributed by atoms with Gasteiger partial charge in [0.25, 0.3) is 17.5 Å². The zero-order valence-corrected chi connectivity index (χ0v) is 19.0. The molecule has 170 valence electrons. The maximum absolute atomic E-state index is 13.0. The number of imide groups is 2. The number of anilines is 1. The predicted molar refractivity (Wildman–Crippen MR) is 127 cm³/mol. The second kappa shape index (κ2) is 9.67. The average molecular weight is 522 g/mol. The summed E-state index contributed by atoms with van der Waals surface area (Å²) in [6.45, 7) is 0.321. The van der Waals surface area contributed by atoms with Crippen LogP contribution in [0.25, 0.3) is 6.08 Å². The van der Waals surface area contributed by atoms with E-state index in [1.54, 1.807) is 24.3 Å². The van der Waals surface area contributed by atoms with E-state index in [0.29, 0.717) is 22.8 Å². The number of non-ortho nitro benzene ring substituents is 1. The largest absolute Gasteiger partial charge is 0.489 e. The third-order valence-corrected chi connectivity index (χ3v) is 5.42. The SMILES string of the molecule is O=C1NC(=O)N(c2cccc([N+](=O)[O-])c2)C(=O)/C1=C\c1cccc(OCc2ccc(Br)cc2)c1. The molecule has 0 aromatic heterocycles. The van der Waals surface area contributed by atoms with Crippen LogP contribution in [0.5, 0.6) is 5.75 Å². The molecular weight excluding hydrogens is 506 g/mol. The molecule has 1 fully saturated rings. The van der Waals surface area contributed by atoms with Crippen molar-refractivity contribution in [1.29, 1.82) is 0 Å². The number of carbonyl (C=O) groups excluding carboxylic acids is 3. The Morgan fingerprint density at radius 3 is 2.47 bits per heavy atom. The van der Waals surface area contributed by atoms with Crippen LogP contribution in [-0.2, 0) is 16.2 Å². The predicted octanol–water partition coefficient (Wildman–Crippen LogP) is 4.60. The van der Waals surface area contributed by atoms with Crippen molar-refractivity contribution in [3.05, 3.63) is 104 Å². The van der Waals surface area contributed by atoms with Crippen molar-refractivity contribution >= 4 is 51.2 Å². The Hall–Kier alpha value is -4.31. The lowest BCUT2D eigenvalue weighted by Crippen LogP contribution is -2.54. The van der Waals surface area contributed by atoms with E-state index in [1.807, 2.05) is 24.3 Å². The third-order valence-electron chi connectivity index (χ3n) is 4.89. The molecule has 1 aliphatic rings. The van der Waals surface area contributed by atoms with Gasteiger partial charge in [0, 0.05) is 16.6 Å². The first-order chi connectivity index (χ1) is 16.3. The molecule has 0 atom stereocenters. The van der Waals surface area contributed by atoms with Gasteiger partial charge in [0.1, 0.15) is 17.9 Å². The standard InChI is InChI=1S/C24H16BrN3O6/c25-17-9-7-15(8-10-17)14-34-20-6-1-3-16(11-20)12-21-22(29)26-24(31)27(23(21)30)18-4-2-5-19(13-18)28(32)33/h1-13H,14H2,(H,26,29,31)/b21-12-. The maximum atomic E-state index is 13.0. The number of nitrogens with zero attached hydrogens (tertiary/aromatic N) is 2. The van der Waals surface area contributed by atoms with Gasteiger partial charge in [0.2, 0.25) is 0 Å². The summed E-state index contributed by atoms with van der Waals surface area (Å²) in [7, 11) is 0. The highest BCUT2D eigenvalue weighted by Gasteiger charge is 2.37. The minimum absolute atomic E-state index is 0.0262. The lowest BCUT2D eigenvalue weighted by molar-refractivity contribution is -0.384. The van der Waals surface area contributed by atoms with Gasteiger partial charge in [0.15, 0.2) is 0 Å². The summed E-state index contributed by atoms with van der Waals surface area (Å²) in [5, 5.41) is 13.2. The smallest absolute Gasteiger partial charge is 0.335 e. The van der Waals surface area contributed by atoms with Crippen LogP contribution in [0, 0.1) is 10.1 Å². The highest BCUT2D eigenvalue weighted by molar-refractivity contribution is 9.10. The molecule has 1 heterocycles. The second-order valence-electron chi connectivity index (χ2n) is 7.22. The molecule has 1 N–H and O–H groups in total. The number of nitro groups is 1. The van der Waals surface area contributed by atoms with Crippen molar-refractivity contribution in [2.24, 2.45) is 0 Å². The molecule has 4 amide bonds. The normalized spacial score (nSPS) is 14.8. The summed E-state index contributed by atoms with van der Waals surface area (Å²) in [5.41, 5.74) is 0.842. The fourth-order valence-corrected chi connectivity index (χ4v) is 3.51. The molecule has 0 saturated carbocycles. The van der Waals surface area contributed by atoms with Gasteiger partial charge in [0.05, 0.1) is 10.6 Å². The Balaban J connectivity index is 1.58. The van der Waals surface area contributed by atoms with Crippen LogP contribution in [0.3, 0.4) is 0 Å². The van der Waals surface area contributed by atoms with Crippen LogP contribution >= 0.6 is 15.9 Å². The number of ether oxygens (including phenoxy) is 1. The highest BCUT2D eigenvalue weighted by atomic mass is 79.9. The van der Waals surface area contributed by atoms with Crippen LogP contribution in [-0.4, -0.2) is 22.8 Å². The zero-order chi connectivity index (χ0) is 24.2. The first-order valence-electron chi connectivity index (χ1n) is 9.95. The number of nitrogens with one attached hydrogen (secondary N) is 1. The number of rotatable bonds is 6. The summed E-state index contributed by atoms with van der Waals surface area (Å²) in [6.07, 6.45) is 1.33. The van der Waals surface area contributed by atoms with E-state index in [0.717, 1.165) is 16.1 Å². The lowest BCUT2D eigenvalue weighted by atomic mass is 10.1. The van der Waals surface area contributed by atoms with Crippen LogP contribution in [0.15, 0.2) is 82.8 Å². The number of halogens is 1. The van der Waals surface area contributed by atoms with Crippen molar-refractivity contribution in [3.8, 4) is 5.75 Å². The van der Waals surface area contributed by atoms with Crippen molar-refractivity contribution < 1.29 is 24.0 Å². The molecule has 34 heavy (non-hydrogen) atoms. The molecule has 0 unspecified atom stereocenters. The van der Waals surface area contributed by atoms with Crippen molar-refractivity contribution in [3.63, 3.8) is 0 Å². The molecule has 0 spiro atoms. The minimum atomic E-state index is -0.987. The number of carbonyl (C=O) groups is 3. The van der Waals surface area contributed by atoms with E-state index in [9.17, 15) is 24.5 Å². The molecule has 0 bridgehead atoms. The van der Waals surface area contributed by atoms with E-state index >= 15 is 0 Å². The number of hydrogen-bond acceptors (Lipinski definition) is 6. The van der Waals surface area contributed by atoms with Gasteiger partial charge in [-0.3, -0.25) is 25.0 Å². The first-order valence-corrected chi connectivity index (χ1v) is 10.7. The number of nitro benzene ring substituents is 1. The Kier molecular flexibility index (Phi) is 6.51. The minimum Gasteiger partial charge on any atom is -0.489 e. The van der Waals surface area contributed by atoms with Gasteiger partial charge < -0.3 is 4.74 Å². The molecule has 3 aromatic carbocycles. The average Bonchev–Trinajstić information content (AvgIpc) is 2.82. The van der Waals surface area contributed by atoms with Gasteiger partial charge in [-0.25, -0.2) is 9.69 Å². The number of amides is 4. The first kappa shape index (κ1) is 22.9. The molecule has 9 nitrogen and oxygen atoms in total. The Labute approximate surface area is 201 Å². The van der Waals surface area contributed by atoms with Crippen LogP contribution in [0.4, 0.5) is 16.2 Å². The number of barbiturate groups is 1. The number of benzene rings is 3. The molecular formula is C24H16BrN3O6.